The monoisotopic (exact) mass is 471 g/mol. The van der Waals surface area contributed by atoms with Crippen LogP contribution in [-0.2, 0) is 14.3 Å². The lowest BCUT2D eigenvalue weighted by atomic mass is 10.1. The Hall–Kier alpha value is -4.79. The fourth-order valence-corrected chi connectivity index (χ4v) is 3.60. The van der Waals surface area contributed by atoms with Gasteiger partial charge in [-0.2, -0.15) is 0 Å². The number of hydrogen-bond acceptors (Lipinski definition) is 6. The molecule has 0 aromatic heterocycles. The third-order valence-corrected chi connectivity index (χ3v) is 5.41. The van der Waals surface area contributed by atoms with Gasteiger partial charge in [-0.3, -0.25) is 19.2 Å². The van der Waals surface area contributed by atoms with Crippen molar-refractivity contribution < 1.29 is 28.7 Å². The first-order chi connectivity index (χ1) is 16.8. The minimum Gasteiger partial charge on any atom is -0.452 e. The predicted molar refractivity (Wildman–Crippen MR) is 128 cm³/mol. The number of imide groups is 1. The van der Waals surface area contributed by atoms with Crippen LogP contribution in [0.4, 0.5) is 17.1 Å². The van der Waals surface area contributed by atoms with E-state index in [9.17, 15) is 24.0 Å². The van der Waals surface area contributed by atoms with Crippen LogP contribution in [-0.4, -0.2) is 43.3 Å². The van der Waals surface area contributed by atoms with E-state index in [1.807, 2.05) is 6.07 Å². The Kier molecular flexibility index (Phi) is 6.41. The van der Waals surface area contributed by atoms with E-state index in [4.69, 9.17) is 4.74 Å². The van der Waals surface area contributed by atoms with Gasteiger partial charge in [0.05, 0.1) is 22.4 Å². The second-order valence-corrected chi connectivity index (χ2v) is 7.80. The van der Waals surface area contributed by atoms with Crippen LogP contribution in [0.2, 0.25) is 0 Å². The second kappa shape index (κ2) is 9.60. The number of esters is 1. The molecule has 1 aliphatic rings. The van der Waals surface area contributed by atoms with E-state index < -0.39 is 30.3 Å². The van der Waals surface area contributed by atoms with Gasteiger partial charge in [0.1, 0.15) is 0 Å². The number of ether oxygens (including phenoxy) is 1. The number of carbonyl (C=O) groups is 5. The molecule has 0 radical (unpaired) electrons. The van der Waals surface area contributed by atoms with Crippen molar-refractivity contribution in [3.63, 3.8) is 0 Å². The first-order valence-electron chi connectivity index (χ1n) is 10.7. The van der Waals surface area contributed by atoms with Gasteiger partial charge in [-0.05, 0) is 54.6 Å². The first-order valence-corrected chi connectivity index (χ1v) is 10.7. The highest BCUT2D eigenvalue weighted by Gasteiger charge is 2.37. The Labute approximate surface area is 200 Å². The Bertz CT molecular complexity index is 1330. The fraction of sp³-hybridized carbons (Fsp3) is 0.115. The predicted octanol–water partition coefficient (Wildman–Crippen LogP) is 3.27. The average molecular weight is 471 g/mol. The maximum Gasteiger partial charge on any atom is 0.338 e. The van der Waals surface area contributed by atoms with E-state index in [0.717, 1.165) is 4.90 Å². The van der Waals surface area contributed by atoms with Crippen LogP contribution in [0, 0.1) is 0 Å². The average Bonchev–Trinajstić information content (AvgIpc) is 3.11. The highest BCUT2D eigenvalue weighted by molar-refractivity contribution is 6.34. The molecule has 35 heavy (non-hydrogen) atoms. The zero-order valence-corrected chi connectivity index (χ0v) is 19.0. The lowest BCUT2D eigenvalue weighted by Crippen LogP contribution is -2.31. The largest absolute Gasteiger partial charge is 0.452 e. The van der Waals surface area contributed by atoms with Gasteiger partial charge in [0, 0.05) is 25.3 Å². The normalized spacial score (nSPS) is 12.2. The maximum atomic E-state index is 13.0. The van der Waals surface area contributed by atoms with E-state index in [-0.39, 0.29) is 22.6 Å². The molecule has 1 aliphatic heterocycles. The van der Waals surface area contributed by atoms with Gasteiger partial charge in [-0.25, -0.2) is 9.69 Å². The Balaban J connectivity index is 1.46. The number of likely N-dealkylation sites (N-methyl/N-ethyl adjacent to an activating group) is 1. The van der Waals surface area contributed by atoms with Gasteiger partial charge in [-0.15, -0.1) is 0 Å². The maximum absolute atomic E-state index is 13.0. The lowest BCUT2D eigenvalue weighted by Gasteiger charge is -2.17. The van der Waals surface area contributed by atoms with Crippen LogP contribution < -0.4 is 15.1 Å². The van der Waals surface area contributed by atoms with Crippen LogP contribution >= 0.6 is 0 Å². The van der Waals surface area contributed by atoms with Gasteiger partial charge < -0.3 is 15.0 Å². The molecule has 1 heterocycles. The van der Waals surface area contributed by atoms with Gasteiger partial charge in [0.25, 0.3) is 17.7 Å². The Morgan fingerprint density at radius 3 is 2.20 bits per heavy atom. The minimum atomic E-state index is -0.791. The van der Waals surface area contributed by atoms with E-state index in [0.29, 0.717) is 17.1 Å². The molecule has 0 saturated heterocycles. The molecule has 9 nitrogen and oxygen atoms in total. The van der Waals surface area contributed by atoms with Crippen molar-refractivity contribution in [2.75, 3.05) is 28.8 Å². The van der Waals surface area contributed by atoms with Crippen molar-refractivity contribution in [2.24, 2.45) is 0 Å². The summed E-state index contributed by atoms with van der Waals surface area (Å²) < 4.78 is 5.14. The van der Waals surface area contributed by atoms with Gasteiger partial charge in [0.15, 0.2) is 6.61 Å². The highest BCUT2D eigenvalue weighted by atomic mass is 16.5. The number of benzene rings is 3. The van der Waals surface area contributed by atoms with E-state index >= 15 is 0 Å². The molecule has 0 atom stereocenters. The van der Waals surface area contributed by atoms with E-state index in [1.54, 1.807) is 43.4 Å². The van der Waals surface area contributed by atoms with Crippen molar-refractivity contribution in [3.8, 4) is 0 Å². The molecular weight excluding hydrogens is 450 g/mol. The first kappa shape index (κ1) is 23.4. The number of hydrogen-bond donors (Lipinski definition) is 1. The zero-order valence-electron chi connectivity index (χ0n) is 19.0. The highest BCUT2D eigenvalue weighted by Crippen LogP contribution is 2.30. The summed E-state index contributed by atoms with van der Waals surface area (Å²) in [5.41, 5.74) is 1.75. The SMILES string of the molecule is CC(=O)Nc1ccc(N2C(=O)c3ccc(C(=O)OCC(=O)N(C)c4ccccc4)cc3C2=O)cc1. The third kappa shape index (κ3) is 4.79. The number of nitrogens with zero attached hydrogens (tertiary/aromatic N) is 2. The molecule has 0 fully saturated rings. The molecule has 9 heteroatoms. The summed E-state index contributed by atoms with van der Waals surface area (Å²) in [5, 5.41) is 2.61. The number of anilines is 3. The minimum absolute atomic E-state index is 0.0444. The lowest BCUT2D eigenvalue weighted by molar-refractivity contribution is -0.121. The number of fused-ring (bicyclic) bond motifs is 1. The quantitative estimate of drug-likeness (QED) is 0.436. The molecule has 3 aromatic carbocycles. The third-order valence-electron chi connectivity index (χ3n) is 5.41. The molecular formula is C26H21N3O6. The van der Waals surface area contributed by atoms with Crippen molar-refractivity contribution >= 4 is 46.7 Å². The molecule has 4 rings (SSSR count). The van der Waals surface area contributed by atoms with Crippen molar-refractivity contribution in [3.05, 3.63) is 89.5 Å². The number of amides is 4. The van der Waals surface area contributed by atoms with E-state index in [1.165, 1.54) is 42.2 Å². The van der Waals surface area contributed by atoms with Crippen LogP contribution in [0.5, 0.6) is 0 Å². The Morgan fingerprint density at radius 1 is 0.886 bits per heavy atom. The summed E-state index contributed by atoms with van der Waals surface area (Å²) in [4.78, 5) is 64.3. The molecule has 3 aromatic rings. The standard InChI is InChI=1S/C26H21N3O6/c1-16(30)27-18-9-11-20(12-10-18)29-24(32)21-13-8-17(14-22(21)25(29)33)26(34)35-15-23(31)28(2)19-6-4-3-5-7-19/h3-14H,15H2,1-2H3,(H,27,30). The Morgan fingerprint density at radius 2 is 1.54 bits per heavy atom. The summed E-state index contributed by atoms with van der Waals surface area (Å²) in [6.07, 6.45) is 0. The van der Waals surface area contributed by atoms with E-state index in [2.05, 4.69) is 5.32 Å². The number of para-hydroxylation sites is 1. The molecule has 1 N–H and O–H groups in total. The summed E-state index contributed by atoms with van der Waals surface area (Å²) >= 11 is 0. The van der Waals surface area contributed by atoms with Crippen molar-refractivity contribution in [1.82, 2.24) is 0 Å². The topological polar surface area (TPSA) is 113 Å². The molecule has 176 valence electrons. The van der Waals surface area contributed by atoms with Crippen LogP contribution in [0.15, 0.2) is 72.8 Å². The molecule has 0 unspecified atom stereocenters. The van der Waals surface area contributed by atoms with Crippen LogP contribution in [0.3, 0.4) is 0 Å². The second-order valence-electron chi connectivity index (χ2n) is 7.80. The van der Waals surface area contributed by atoms with Crippen molar-refractivity contribution in [2.45, 2.75) is 6.92 Å². The number of carbonyl (C=O) groups excluding carboxylic acids is 5. The molecule has 0 saturated carbocycles. The molecule has 4 amide bonds. The number of nitrogens with one attached hydrogen (secondary N) is 1. The molecule has 0 aliphatic carbocycles. The summed E-state index contributed by atoms with van der Waals surface area (Å²) in [6.45, 7) is 0.888. The van der Waals surface area contributed by atoms with Crippen LogP contribution in [0.25, 0.3) is 0 Å². The van der Waals surface area contributed by atoms with Crippen molar-refractivity contribution in [1.29, 1.82) is 0 Å². The zero-order chi connectivity index (χ0) is 25.1. The smallest absolute Gasteiger partial charge is 0.338 e. The van der Waals surface area contributed by atoms with Gasteiger partial charge in [0.2, 0.25) is 5.91 Å². The summed E-state index contributed by atoms with van der Waals surface area (Å²) in [7, 11) is 1.57. The molecule has 0 spiro atoms. The van der Waals surface area contributed by atoms with Gasteiger partial charge in [-0.1, -0.05) is 18.2 Å². The molecule has 0 bridgehead atoms. The summed E-state index contributed by atoms with van der Waals surface area (Å²) in [5.74, 6) is -2.58. The number of rotatable bonds is 6. The van der Waals surface area contributed by atoms with Gasteiger partial charge >= 0.3 is 5.97 Å². The summed E-state index contributed by atoms with van der Waals surface area (Å²) in [6, 6.07) is 19.2. The van der Waals surface area contributed by atoms with Crippen LogP contribution in [0.1, 0.15) is 38.0 Å². The fourth-order valence-electron chi connectivity index (χ4n) is 3.60.